The lowest BCUT2D eigenvalue weighted by Gasteiger charge is -2.01. The fraction of sp³-hybridized carbons (Fsp3) is 0.0385. The molecule has 0 bridgehead atoms. The van der Waals surface area contributed by atoms with E-state index in [0.29, 0.717) is 43.8 Å². The summed E-state index contributed by atoms with van der Waals surface area (Å²) in [5.74, 6) is 0.630. The van der Waals surface area contributed by atoms with Crippen LogP contribution in [0, 0.1) is 28.4 Å². The number of nitrogens with zero attached hydrogens (tertiary/aromatic N) is 3. The topological polar surface area (TPSA) is 123 Å². The Bertz CT molecular complexity index is 1790. The largest absolute Gasteiger partial charge is 0.456 e. The van der Waals surface area contributed by atoms with Crippen LogP contribution in [0.25, 0.3) is 45.2 Å². The first kappa shape index (κ1) is 23.2. The smallest absolute Gasteiger partial charge is 0.345 e. The molecule has 5 aromatic rings. The highest BCUT2D eigenvalue weighted by Gasteiger charge is 2.19. The molecule has 3 aromatic heterocycles. The van der Waals surface area contributed by atoms with Crippen molar-refractivity contribution >= 4 is 51.2 Å². The van der Waals surface area contributed by atoms with Gasteiger partial charge in [-0.25, -0.2) is 9.78 Å². The highest BCUT2D eigenvalue weighted by molar-refractivity contribution is 7.11. The van der Waals surface area contributed by atoms with Crippen LogP contribution in [0.4, 0.5) is 5.69 Å². The molecular formula is C26H14ClN3O5S. The van der Waals surface area contributed by atoms with Crippen molar-refractivity contribution < 1.29 is 13.8 Å². The van der Waals surface area contributed by atoms with E-state index in [-0.39, 0.29) is 16.8 Å². The van der Waals surface area contributed by atoms with Gasteiger partial charge in [0, 0.05) is 27.9 Å². The summed E-state index contributed by atoms with van der Waals surface area (Å²) in [6.07, 6.45) is 1.49. The van der Waals surface area contributed by atoms with Gasteiger partial charge < -0.3 is 8.83 Å². The van der Waals surface area contributed by atoms with Gasteiger partial charge in [0.05, 0.1) is 27.3 Å². The lowest BCUT2D eigenvalue weighted by Crippen LogP contribution is -2.02. The minimum absolute atomic E-state index is 0.0690. The number of nitro benzene ring substituents is 1. The Morgan fingerprint density at radius 2 is 1.97 bits per heavy atom. The zero-order chi connectivity index (χ0) is 25.4. The number of fused-ring (bicyclic) bond motifs is 1. The molecule has 0 radical (unpaired) electrons. The third-order valence-electron chi connectivity index (χ3n) is 5.35. The number of rotatable bonds is 5. The van der Waals surface area contributed by atoms with Crippen LogP contribution >= 0.6 is 22.9 Å². The second kappa shape index (κ2) is 9.26. The zero-order valence-corrected chi connectivity index (χ0v) is 20.1. The van der Waals surface area contributed by atoms with Crippen LogP contribution in [0.1, 0.15) is 16.3 Å². The maximum atomic E-state index is 12.5. The molecule has 8 nitrogen and oxygen atoms in total. The van der Waals surface area contributed by atoms with Crippen molar-refractivity contribution in [3.8, 4) is 28.7 Å². The van der Waals surface area contributed by atoms with Gasteiger partial charge in [0.15, 0.2) is 0 Å². The number of benzene rings is 2. The van der Waals surface area contributed by atoms with E-state index >= 15 is 0 Å². The number of hydrogen-bond acceptors (Lipinski definition) is 8. The van der Waals surface area contributed by atoms with E-state index in [9.17, 15) is 20.2 Å². The quantitative estimate of drug-likeness (QED) is 0.106. The Morgan fingerprint density at radius 3 is 2.75 bits per heavy atom. The highest BCUT2D eigenvalue weighted by atomic mass is 35.5. The fourth-order valence-electron chi connectivity index (χ4n) is 3.65. The van der Waals surface area contributed by atoms with Gasteiger partial charge in [-0.2, -0.15) is 5.26 Å². The molecule has 0 N–H and O–H groups in total. The van der Waals surface area contributed by atoms with E-state index in [1.54, 1.807) is 60.8 Å². The van der Waals surface area contributed by atoms with Crippen molar-refractivity contribution in [1.29, 1.82) is 5.26 Å². The first-order chi connectivity index (χ1) is 17.3. The number of aromatic nitrogens is 1. The zero-order valence-electron chi connectivity index (χ0n) is 18.5. The minimum Gasteiger partial charge on any atom is -0.456 e. The van der Waals surface area contributed by atoms with Crippen molar-refractivity contribution in [1.82, 2.24) is 4.98 Å². The van der Waals surface area contributed by atoms with Gasteiger partial charge in [0.25, 0.3) is 5.69 Å². The summed E-state index contributed by atoms with van der Waals surface area (Å²) in [5, 5.41) is 24.4. The van der Waals surface area contributed by atoms with Gasteiger partial charge >= 0.3 is 5.63 Å². The number of hydrogen-bond donors (Lipinski definition) is 0. The van der Waals surface area contributed by atoms with E-state index in [0.717, 1.165) is 5.56 Å². The predicted octanol–water partition coefficient (Wildman–Crippen LogP) is 7.11. The molecular weight excluding hydrogens is 502 g/mol. The van der Waals surface area contributed by atoms with Crippen LogP contribution in [0.3, 0.4) is 0 Å². The molecule has 36 heavy (non-hydrogen) atoms. The van der Waals surface area contributed by atoms with Crippen molar-refractivity contribution in [3.63, 3.8) is 0 Å². The first-order valence-corrected chi connectivity index (χ1v) is 11.7. The van der Waals surface area contributed by atoms with E-state index in [1.165, 1.54) is 23.5 Å². The van der Waals surface area contributed by atoms with E-state index in [2.05, 4.69) is 11.1 Å². The maximum Gasteiger partial charge on any atom is 0.345 e. The van der Waals surface area contributed by atoms with E-state index < -0.39 is 10.5 Å². The summed E-state index contributed by atoms with van der Waals surface area (Å²) in [5.41, 5.74) is 1.69. The predicted molar refractivity (Wildman–Crippen MR) is 138 cm³/mol. The number of nitriles is 1. The molecule has 5 rings (SSSR count). The molecule has 0 aliphatic heterocycles. The molecule has 0 atom stereocenters. The van der Waals surface area contributed by atoms with Crippen molar-refractivity contribution in [3.05, 3.63) is 102 Å². The van der Waals surface area contributed by atoms with Crippen LogP contribution < -0.4 is 5.63 Å². The molecule has 0 amide bonds. The molecule has 0 spiro atoms. The Labute approximate surface area is 212 Å². The Balaban J connectivity index is 1.49. The summed E-state index contributed by atoms with van der Waals surface area (Å²) in [4.78, 5) is 28.0. The van der Waals surface area contributed by atoms with E-state index in [1.807, 2.05) is 0 Å². The maximum absolute atomic E-state index is 12.5. The third kappa shape index (κ3) is 4.43. The van der Waals surface area contributed by atoms with Crippen LogP contribution in [0.15, 0.2) is 73.6 Å². The van der Waals surface area contributed by atoms with E-state index in [4.69, 9.17) is 20.4 Å². The minimum atomic E-state index is -0.556. The number of halogens is 1. The Morgan fingerprint density at radius 1 is 1.14 bits per heavy atom. The number of furan rings is 1. The van der Waals surface area contributed by atoms with Gasteiger partial charge in [0.1, 0.15) is 28.2 Å². The number of allylic oxidation sites excluding steroid dienone is 1. The van der Waals surface area contributed by atoms with Gasteiger partial charge in [0.2, 0.25) is 0 Å². The monoisotopic (exact) mass is 515 g/mol. The SMILES string of the molecule is Cc1ccc(-c2ccc(/C=C(\C#N)c3nc(-c4cc5cc(Cl)ccc5oc4=O)cs3)o2)c([N+](=O)[O-])c1. The van der Waals surface area contributed by atoms with Gasteiger partial charge in [-0.15, -0.1) is 11.3 Å². The Hall–Kier alpha value is -4.52. The van der Waals surface area contributed by atoms with Gasteiger partial charge in [-0.05, 0) is 55.0 Å². The molecule has 0 saturated heterocycles. The third-order valence-corrected chi connectivity index (χ3v) is 6.46. The molecule has 0 saturated carbocycles. The van der Waals surface area contributed by atoms with Crippen molar-refractivity contribution in [2.24, 2.45) is 0 Å². The molecule has 176 valence electrons. The number of thiazole rings is 1. The molecule has 0 unspecified atom stereocenters. The standard InChI is InChI=1S/C26H14ClN3O5S/c1-14-2-5-19(22(8-14)30(32)33)24-7-4-18(34-24)10-16(12-28)25-29-21(13-36-25)20-11-15-9-17(27)3-6-23(15)35-26(20)31/h2-11,13H,1H3/b16-10+. The fourth-order valence-corrected chi connectivity index (χ4v) is 4.62. The molecule has 0 aliphatic carbocycles. The molecule has 3 heterocycles. The summed E-state index contributed by atoms with van der Waals surface area (Å²) >= 11 is 7.24. The Kier molecular flexibility index (Phi) is 5.98. The summed E-state index contributed by atoms with van der Waals surface area (Å²) in [6.45, 7) is 1.77. The lowest BCUT2D eigenvalue weighted by molar-refractivity contribution is -0.384. The summed E-state index contributed by atoms with van der Waals surface area (Å²) in [7, 11) is 0. The number of nitro groups is 1. The van der Waals surface area contributed by atoms with Crippen LogP contribution in [0.2, 0.25) is 5.02 Å². The summed E-state index contributed by atoms with van der Waals surface area (Å²) in [6, 6.07) is 16.8. The average Bonchev–Trinajstić information content (AvgIpc) is 3.52. The van der Waals surface area contributed by atoms with Crippen molar-refractivity contribution in [2.45, 2.75) is 6.92 Å². The second-order valence-electron chi connectivity index (χ2n) is 7.82. The normalized spacial score (nSPS) is 11.5. The first-order valence-electron chi connectivity index (χ1n) is 10.5. The van der Waals surface area contributed by atoms with Gasteiger partial charge in [-0.3, -0.25) is 10.1 Å². The second-order valence-corrected chi connectivity index (χ2v) is 9.11. The molecule has 0 fully saturated rings. The van der Waals surface area contributed by atoms with Crippen molar-refractivity contribution in [2.75, 3.05) is 0 Å². The molecule has 0 aliphatic rings. The highest BCUT2D eigenvalue weighted by Crippen LogP contribution is 2.33. The van der Waals surface area contributed by atoms with Crippen LogP contribution in [0.5, 0.6) is 0 Å². The lowest BCUT2D eigenvalue weighted by atomic mass is 10.1. The average molecular weight is 516 g/mol. The van der Waals surface area contributed by atoms with Gasteiger partial charge in [-0.1, -0.05) is 17.7 Å². The van der Waals surface area contributed by atoms with Crippen LogP contribution in [-0.2, 0) is 0 Å². The number of aryl methyl sites for hydroxylation is 1. The van der Waals surface area contributed by atoms with Crippen LogP contribution in [-0.4, -0.2) is 9.91 Å². The summed E-state index contributed by atoms with van der Waals surface area (Å²) < 4.78 is 11.2. The molecule has 2 aromatic carbocycles. The molecule has 10 heteroatoms.